The first kappa shape index (κ1) is 17.3. The summed E-state index contributed by atoms with van der Waals surface area (Å²) in [5.74, 6) is -2.46. The molecule has 6 nitrogen and oxygen atoms in total. The van der Waals surface area contributed by atoms with Crippen LogP contribution in [0.4, 0.5) is 8.78 Å². The van der Waals surface area contributed by atoms with Crippen LogP contribution in [0.3, 0.4) is 0 Å². The number of halogens is 2. The second kappa shape index (κ2) is 7.16. The van der Waals surface area contributed by atoms with E-state index in [1.807, 2.05) is 6.92 Å². The van der Waals surface area contributed by atoms with Gasteiger partial charge in [0.05, 0.1) is 5.39 Å². The molecule has 0 unspecified atom stereocenters. The molecule has 0 spiro atoms. The number of aromatic nitrogens is 3. The second-order valence-electron chi connectivity index (χ2n) is 6.05. The van der Waals surface area contributed by atoms with Crippen molar-refractivity contribution in [3.05, 3.63) is 24.2 Å². The predicted molar refractivity (Wildman–Crippen MR) is 89.4 cm³/mol. The molecule has 134 valence electrons. The molecule has 8 heteroatoms. The zero-order valence-electron chi connectivity index (χ0n) is 13.9. The van der Waals surface area contributed by atoms with Gasteiger partial charge in [-0.05, 0) is 25.8 Å². The summed E-state index contributed by atoms with van der Waals surface area (Å²) in [5.41, 5.74) is 1.28. The van der Waals surface area contributed by atoms with Gasteiger partial charge >= 0.3 is 0 Å². The topological polar surface area (TPSA) is 79.9 Å². The summed E-state index contributed by atoms with van der Waals surface area (Å²) in [6, 6.07) is 0. The molecule has 1 saturated carbocycles. The number of carbonyl (C=O) groups is 1. The van der Waals surface area contributed by atoms with Gasteiger partial charge in [0.1, 0.15) is 18.1 Å². The SMILES string of the molecule is CCNC(=O)C=Cc1c[nH]c2ncnc(OC3CCC(F)(F)CC3)c12. The highest BCUT2D eigenvalue weighted by Gasteiger charge is 2.36. The molecule has 0 radical (unpaired) electrons. The van der Waals surface area contributed by atoms with Crippen LogP contribution in [0.5, 0.6) is 5.88 Å². The molecule has 2 N–H and O–H groups in total. The molecule has 0 saturated heterocycles. The molecule has 0 bridgehead atoms. The van der Waals surface area contributed by atoms with Crippen molar-refractivity contribution < 1.29 is 18.3 Å². The highest BCUT2D eigenvalue weighted by Crippen LogP contribution is 2.36. The molecule has 1 aliphatic rings. The summed E-state index contributed by atoms with van der Waals surface area (Å²) in [5, 5.41) is 3.31. The molecule has 0 aliphatic heterocycles. The van der Waals surface area contributed by atoms with Crippen molar-refractivity contribution >= 4 is 23.0 Å². The van der Waals surface area contributed by atoms with E-state index in [1.165, 1.54) is 12.4 Å². The third-order valence-corrected chi connectivity index (χ3v) is 4.17. The van der Waals surface area contributed by atoms with E-state index in [2.05, 4.69) is 20.3 Å². The Labute approximate surface area is 143 Å². The van der Waals surface area contributed by atoms with Gasteiger partial charge in [-0.15, -0.1) is 0 Å². The smallest absolute Gasteiger partial charge is 0.248 e. The van der Waals surface area contributed by atoms with Crippen molar-refractivity contribution in [2.45, 2.75) is 44.6 Å². The maximum absolute atomic E-state index is 13.3. The lowest BCUT2D eigenvalue weighted by Crippen LogP contribution is -2.31. The van der Waals surface area contributed by atoms with Gasteiger partial charge in [0, 0.05) is 37.2 Å². The van der Waals surface area contributed by atoms with Crippen LogP contribution in [-0.4, -0.2) is 39.4 Å². The van der Waals surface area contributed by atoms with Crippen molar-refractivity contribution in [1.29, 1.82) is 0 Å². The molecule has 1 aliphatic carbocycles. The van der Waals surface area contributed by atoms with E-state index in [-0.39, 0.29) is 37.7 Å². The third kappa shape index (κ3) is 4.12. The van der Waals surface area contributed by atoms with E-state index in [0.717, 1.165) is 0 Å². The van der Waals surface area contributed by atoms with Crippen LogP contribution < -0.4 is 10.1 Å². The second-order valence-corrected chi connectivity index (χ2v) is 6.05. The average Bonchev–Trinajstić information content (AvgIpc) is 2.99. The summed E-state index contributed by atoms with van der Waals surface area (Å²) in [4.78, 5) is 22.9. The Hall–Kier alpha value is -2.51. The van der Waals surface area contributed by atoms with E-state index < -0.39 is 5.92 Å². The lowest BCUT2D eigenvalue weighted by Gasteiger charge is -2.28. The predicted octanol–water partition coefficient (Wildman–Crippen LogP) is 3.06. The van der Waals surface area contributed by atoms with E-state index >= 15 is 0 Å². The number of nitrogens with one attached hydrogen (secondary N) is 2. The number of rotatable bonds is 5. The Balaban J connectivity index is 1.81. The molecule has 2 heterocycles. The molecule has 1 fully saturated rings. The highest BCUT2D eigenvalue weighted by atomic mass is 19.3. The molecule has 25 heavy (non-hydrogen) atoms. The molecule has 3 rings (SSSR count). The third-order valence-electron chi connectivity index (χ3n) is 4.17. The van der Waals surface area contributed by atoms with Gasteiger partial charge < -0.3 is 15.0 Å². The summed E-state index contributed by atoms with van der Waals surface area (Å²) in [6.07, 6.45) is 6.05. The van der Waals surface area contributed by atoms with Crippen LogP contribution in [0.2, 0.25) is 0 Å². The molecule has 2 aromatic rings. The minimum atomic E-state index is -2.60. The number of carbonyl (C=O) groups excluding carboxylic acids is 1. The fraction of sp³-hybridized carbons (Fsp3) is 0.471. The van der Waals surface area contributed by atoms with E-state index in [4.69, 9.17) is 4.74 Å². The van der Waals surface area contributed by atoms with E-state index in [9.17, 15) is 13.6 Å². The Bertz CT molecular complexity index is 778. The summed E-state index contributed by atoms with van der Waals surface area (Å²) >= 11 is 0. The molecule has 0 aromatic carbocycles. The Morgan fingerprint density at radius 3 is 2.92 bits per heavy atom. The largest absolute Gasteiger partial charge is 0.474 e. The van der Waals surface area contributed by atoms with Gasteiger partial charge in [-0.3, -0.25) is 4.79 Å². The first-order valence-electron chi connectivity index (χ1n) is 8.31. The Morgan fingerprint density at radius 1 is 1.44 bits per heavy atom. The highest BCUT2D eigenvalue weighted by molar-refractivity contribution is 5.96. The number of hydrogen-bond donors (Lipinski definition) is 2. The van der Waals surface area contributed by atoms with Crippen LogP contribution in [0.1, 0.15) is 38.2 Å². The number of H-pyrrole nitrogens is 1. The number of aromatic amines is 1. The number of alkyl halides is 2. The zero-order valence-corrected chi connectivity index (χ0v) is 13.9. The van der Waals surface area contributed by atoms with E-state index in [1.54, 1.807) is 12.3 Å². The standard InChI is InChI=1S/C17H20F2N4O2/c1-2-20-13(24)4-3-11-9-21-15-14(11)16(23-10-22-15)25-12-5-7-17(18,19)8-6-12/h3-4,9-10,12H,2,5-8H2,1H3,(H,20,24)(H,21,22,23). The van der Waals surface area contributed by atoms with Gasteiger partial charge in [0.2, 0.25) is 17.7 Å². The maximum atomic E-state index is 13.3. The van der Waals surface area contributed by atoms with Crippen molar-refractivity contribution in [2.24, 2.45) is 0 Å². The number of nitrogens with zero attached hydrogens (tertiary/aromatic N) is 2. The minimum absolute atomic E-state index is 0.178. The first-order chi connectivity index (χ1) is 12.0. The number of fused-ring (bicyclic) bond motifs is 1. The van der Waals surface area contributed by atoms with Crippen molar-refractivity contribution in [2.75, 3.05) is 6.54 Å². The minimum Gasteiger partial charge on any atom is -0.474 e. The van der Waals surface area contributed by atoms with Gasteiger partial charge in [0.25, 0.3) is 0 Å². The number of amides is 1. The zero-order chi connectivity index (χ0) is 17.9. The number of ether oxygens (including phenoxy) is 1. The monoisotopic (exact) mass is 350 g/mol. The van der Waals surface area contributed by atoms with Crippen molar-refractivity contribution in [3.8, 4) is 5.88 Å². The van der Waals surface area contributed by atoms with Crippen LogP contribution in [0.25, 0.3) is 17.1 Å². The van der Waals surface area contributed by atoms with Crippen LogP contribution in [0.15, 0.2) is 18.6 Å². The van der Waals surface area contributed by atoms with E-state index in [0.29, 0.717) is 29.0 Å². The number of hydrogen-bond acceptors (Lipinski definition) is 4. The molecular formula is C17H20F2N4O2. The summed E-state index contributed by atoms with van der Waals surface area (Å²) in [6.45, 7) is 2.38. The lowest BCUT2D eigenvalue weighted by molar-refractivity contribution is -0.116. The van der Waals surface area contributed by atoms with Crippen LogP contribution in [-0.2, 0) is 4.79 Å². The summed E-state index contributed by atoms with van der Waals surface area (Å²) < 4.78 is 32.5. The van der Waals surface area contributed by atoms with Gasteiger partial charge in [-0.25, -0.2) is 18.7 Å². The maximum Gasteiger partial charge on any atom is 0.248 e. The van der Waals surface area contributed by atoms with Crippen LogP contribution in [0, 0.1) is 0 Å². The normalized spacial score (nSPS) is 17.9. The van der Waals surface area contributed by atoms with Crippen LogP contribution >= 0.6 is 0 Å². The molecule has 2 aromatic heterocycles. The molecule has 0 atom stereocenters. The van der Waals surface area contributed by atoms with Gasteiger partial charge in [0.15, 0.2) is 0 Å². The first-order valence-corrected chi connectivity index (χ1v) is 8.31. The molecule has 1 amide bonds. The van der Waals surface area contributed by atoms with Crippen molar-refractivity contribution in [1.82, 2.24) is 20.3 Å². The summed E-state index contributed by atoms with van der Waals surface area (Å²) in [7, 11) is 0. The molecular weight excluding hydrogens is 330 g/mol. The number of likely N-dealkylation sites (N-methyl/N-ethyl adjacent to an activating group) is 1. The lowest BCUT2D eigenvalue weighted by atomic mass is 9.94. The fourth-order valence-corrected chi connectivity index (χ4v) is 2.87. The fourth-order valence-electron chi connectivity index (χ4n) is 2.87. The Kier molecular flexibility index (Phi) is 4.96. The van der Waals surface area contributed by atoms with Gasteiger partial charge in [-0.1, -0.05) is 0 Å². The quantitative estimate of drug-likeness (QED) is 0.812. The van der Waals surface area contributed by atoms with Crippen molar-refractivity contribution in [3.63, 3.8) is 0 Å². The van der Waals surface area contributed by atoms with Gasteiger partial charge in [-0.2, -0.15) is 0 Å². The Morgan fingerprint density at radius 2 is 2.20 bits per heavy atom. The average molecular weight is 350 g/mol.